The summed E-state index contributed by atoms with van der Waals surface area (Å²) < 4.78 is 0. The number of carbonyl (C=O) groups is 1. The van der Waals surface area contributed by atoms with Crippen LogP contribution in [-0.4, -0.2) is 5.78 Å². The molecule has 0 heterocycles. The van der Waals surface area contributed by atoms with Gasteiger partial charge in [-0.15, -0.1) is 6.58 Å². The van der Waals surface area contributed by atoms with Crippen molar-refractivity contribution in [2.24, 2.45) is 17.8 Å². The van der Waals surface area contributed by atoms with E-state index < -0.39 is 0 Å². The second-order valence-electron chi connectivity index (χ2n) is 15.0. The van der Waals surface area contributed by atoms with Crippen molar-refractivity contribution in [3.8, 4) is 0 Å². The van der Waals surface area contributed by atoms with Crippen molar-refractivity contribution in [3.63, 3.8) is 0 Å². The standard InChI is InChI=1S/C24H36O.C13H18.C9H14.C5H10/c1-7-8-24(25)16-11-19(3)17-21(5)22(6)20(4)12-15-23-13-9-18(2)10-14-23;1-4-7-11-8-9-12(5-2)13(6-3)10-11;1-3-5-9-7-4-6-8(9)2;1-4-5(2)3/h9-10,13-14,20-21H,3,6-8,11-12,15-17H2,1-2,4-5H3;6,8-10H,3-5,7H2,1-2H3;4,6-8H,3,5H2,1-2H3;2,4H2,1,3H3. The van der Waals surface area contributed by atoms with Crippen molar-refractivity contribution in [1.29, 1.82) is 0 Å². The molecule has 0 aromatic heterocycles. The van der Waals surface area contributed by atoms with Crippen LogP contribution in [0.15, 0.2) is 109 Å². The van der Waals surface area contributed by atoms with Crippen LogP contribution in [0.4, 0.5) is 0 Å². The summed E-state index contributed by atoms with van der Waals surface area (Å²) in [6, 6.07) is 15.5. The molecule has 1 aliphatic carbocycles. The monoisotopic (exact) mass is 707 g/mol. The normalized spacial score (nSPS) is 13.9. The molecular weight excluding hydrogens is 629 g/mol. The average molecular weight is 707 g/mol. The highest BCUT2D eigenvalue weighted by atomic mass is 16.1. The van der Waals surface area contributed by atoms with Crippen LogP contribution < -0.4 is 0 Å². The molecule has 0 fully saturated rings. The third-order valence-electron chi connectivity index (χ3n) is 9.92. The smallest absolute Gasteiger partial charge is 0.133 e. The van der Waals surface area contributed by atoms with E-state index >= 15 is 0 Å². The molecule has 0 spiro atoms. The van der Waals surface area contributed by atoms with Crippen LogP contribution >= 0.6 is 0 Å². The highest BCUT2D eigenvalue weighted by Crippen LogP contribution is 2.28. The minimum Gasteiger partial charge on any atom is -0.300 e. The molecule has 1 heteroatoms. The molecule has 52 heavy (non-hydrogen) atoms. The molecule has 1 aliphatic rings. The number of rotatable bonds is 19. The lowest BCUT2D eigenvalue weighted by Gasteiger charge is -2.22. The van der Waals surface area contributed by atoms with Crippen molar-refractivity contribution >= 4 is 11.9 Å². The number of aryl methyl sites for hydroxylation is 4. The highest BCUT2D eigenvalue weighted by Gasteiger charge is 2.15. The Balaban J connectivity index is 0.000000792. The van der Waals surface area contributed by atoms with E-state index in [4.69, 9.17) is 0 Å². The topological polar surface area (TPSA) is 17.1 Å². The zero-order valence-corrected chi connectivity index (χ0v) is 35.5. The molecule has 1 nitrogen and oxygen atoms in total. The molecule has 0 N–H and O–H groups in total. The maximum absolute atomic E-state index is 11.7. The van der Waals surface area contributed by atoms with Crippen LogP contribution in [0.25, 0.3) is 6.08 Å². The van der Waals surface area contributed by atoms with Crippen LogP contribution in [0.1, 0.15) is 154 Å². The SMILES string of the molecule is C=C(C)CC.C=C(CCC(=O)CCC)CC(C)C(=C)C(C)CCc1ccc(C)cc1.C=Cc1cc(CCC)ccc1CC.CCCC1=CC=CC1C. The molecule has 288 valence electrons. The lowest BCUT2D eigenvalue weighted by Crippen LogP contribution is -2.10. The van der Waals surface area contributed by atoms with Gasteiger partial charge in [0.15, 0.2) is 0 Å². The van der Waals surface area contributed by atoms with E-state index in [1.165, 1.54) is 70.2 Å². The molecule has 3 rings (SSSR count). The van der Waals surface area contributed by atoms with Gasteiger partial charge in [-0.3, -0.25) is 4.79 Å². The lowest BCUT2D eigenvalue weighted by molar-refractivity contribution is -0.119. The Bertz CT molecular complexity index is 1400. The average Bonchev–Trinajstić information content (AvgIpc) is 3.54. The van der Waals surface area contributed by atoms with Crippen LogP contribution in [0.5, 0.6) is 0 Å². The van der Waals surface area contributed by atoms with Gasteiger partial charge in [-0.2, -0.15) is 0 Å². The van der Waals surface area contributed by atoms with Gasteiger partial charge in [0.25, 0.3) is 0 Å². The first-order valence-electron chi connectivity index (χ1n) is 20.4. The number of ketones is 1. The Morgan fingerprint density at radius 2 is 1.42 bits per heavy atom. The van der Waals surface area contributed by atoms with E-state index in [1.54, 1.807) is 5.57 Å². The number of benzene rings is 2. The Kier molecular flexibility index (Phi) is 27.1. The van der Waals surface area contributed by atoms with Crippen molar-refractivity contribution < 1.29 is 4.79 Å². The fourth-order valence-corrected chi connectivity index (χ4v) is 6.02. The third kappa shape index (κ3) is 21.8. The number of carbonyl (C=O) groups excluding carboxylic acids is 1. The van der Waals surface area contributed by atoms with E-state index in [1.807, 2.05) is 13.0 Å². The van der Waals surface area contributed by atoms with Crippen molar-refractivity contribution in [1.82, 2.24) is 0 Å². The highest BCUT2D eigenvalue weighted by molar-refractivity contribution is 5.78. The Labute approximate surface area is 323 Å². The van der Waals surface area contributed by atoms with Crippen molar-refractivity contribution in [3.05, 3.63) is 137 Å². The van der Waals surface area contributed by atoms with E-state index in [2.05, 4.69) is 149 Å². The van der Waals surface area contributed by atoms with Gasteiger partial charge in [-0.25, -0.2) is 0 Å². The first kappa shape index (κ1) is 48.5. The first-order chi connectivity index (χ1) is 24.8. The van der Waals surface area contributed by atoms with Crippen LogP contribution in [0, 0.1) is 24.7 Å². The maximum atomic E-state index is 11.7. The quantitative estimate of drug-likeness (QED) is 0.133. The van der Waals surface area contributed by atoms with Crippen molar-refractivity contribution in [2.45, 2.75) is 153 Å². The molecule has 0 radical (unpaired) electrons. The van der Waals surface area contributed by atoms with Gasteiger partial charge < -0.3 is 0 Å². The number of Topliss-reactive ketones (excluding diaryl/α,β-unsaturated/α-hetero) is 1. The van der Waals surface area contributed by atoms with Gasteiger partial charge in [0, 0.05) is 12.8 Å². The van der Waals surface area contributed by atoms with E-state index in [9.17, 15) is 4.79 Å². The molecule has 0 amide bonds. The molecule has 2 aromatic carbocycles. The van der Waals surface area contributed by atoms with Crippen molar-refractivity contribution in [2.75, 3.05) is 0 Å². The van der Waals surface area contributed by atoms with Crippen LogP contribution in [0.2, 0.25) is 0 Å². The molecule has 2 aromatic rings. The van der Waals surface area contributed by atoms with Gasteiger partial charge >= 0.3 is 0 Å². The summed E-state index contributed by atoms with van der Waals surface area (Å²) in [5.74, 6) is 2.01. The van der Waals surface area contributed by atoms with Gasteiger partial charge in [0.1, 0.15) is 5.78 Å². The fraction of sp³-hybridized carbons (Fsp3) is 0.510. The lowest BCUT2D eigenvalue weighted by atomic mass is 9.83. The summed E-state index contributed by atoms with van der Waals surface area (Å²) in [7, 11) is 0. The summed E-state index contributed by atoms with van der Waals surface area (Å²) in [6.07, 6.45) is 22.0. The molecular formula is C51H78O. The minimum absolute atomic E-state index is 0.363. The first-order valence-corrected chi connectivity index (χ1v) is 20.4. The van der Waals surface area contributed by atoms with Gasteiger partial charge in [-0.05, 0) is 112 Å². The Morgan fingerprint density at radius 1 is 0.808 bits per heavy atom. The maximum Gasteiger partial charge on any atom is 0.133 e. The minimum atomic E-state index is 0.363. The second kappa shape index (κ2) is 29.1. The molecule has 0 aliphatic heterocycles. The predicted octanol–water partition coefficient (Wildman–Crippen LogP) is 15.6. The van der Waals surface area contributed by atoms with E-state index in [0.29, 0.717) is 36.4 Å². The van der Waals surface area contributed by atoms with Crippen LogP contribution in [-0.2, 0) is 24.1 Å². The zero-order chi connectivity index (χ0) is 39.5. The van der Waals surface area contributed by atoms with Gasteiger partial charge in [0.05, 0.1) is 0 Å². The molecule has 3 unspecified atom stereocenters. The largest absolute Gasteiger partial charge is 0.300 e. The molecule has 0 saturated heterocycles. The Hall–Kier alpha value is -3.45. The third-order valence-corrected chi connectivity index (χ3v) is 9.92. The summed E-state index contributed by atoms with van der Waals surface area (Å²) in [4.78, 5) is 11.7. The van der Waals surface area contributed by atoms with Gasteiger partial charge in [-0.1, -0.05) is 183 Å². The van der Waals surface area contributed by atoms with E-state index in [-0.39, 0.29) is 0 Å². The Morgan fingerprint density at radius 3 is 1.92 bits per heavy atom. The molecule has 0 bridgehead atoms. The van der Waals surface area contributed by atoms with Crippen LogP contribution in [0.3, 0.4) is 0 Å². The number of hydrogen-bond donors (Lipinski definition) is 0. The number of hydrogen-bond acceptors (Lipinski definition) is 1. The summed E-state index contributed by atoms with van der Waals surface area (Å²) in [5, 5.41) is 0. The fourth-order valence-electron chi connectivity index (χ4n) is 6.02. The predicted molar refractivity (Wildman–Crippen MR) is 236 cm³/mol. The summed E-state index contributed by atoms with van der Waals surface area (Å²) in [6.45, 7) is 37.7. The van der Waals surface area contributed by atoms with Gasteiger partial charge in [0.2, 0.25) is 0 Å². The summed E-state index contributed by atoms with van der Waals surface area (Å²) >= 11 is 0. The zero-order valence-electron chi connectivity index (χ0n) is 35.5. The number of allylic oxidation sites excluding steroid dienone is 7. The molecule has 0 saturated carbocycles. The summed E-state index contributed by atoms with van der Waals surface area (Å²) in [5.41, 5.74) is 12.2. The second-order valence-corrected chi connectivity index (χ2v) is 15.0. The molecule has 3 atom stereocenters. The van der Waals surface area contributed by atoms with E-state index in [0.717, 1.165) is 44.9 Å².